The highest BCUT2D eigenvalue weighted by Crippen LogP contribution is 2.23. The SMILES string of the molecule is Cc1ccc(OC2=CC=CC(C#N)=C(C#N)C2)cc1. The summed E-state index contributed by atoms with van der Waals surface area (Å²) in [6.45, 7) is 2.01. The number of rotatable bonds is 2. The van der Waals surface area contributed by atoms with Crippen molar-refractivity contribution in [2.45, 2.75) is 13.3 Å². The summed E-state index contributed by atoms with van der Waals surface area (Å²) in [5.41, 5.74) is 1.97. The molecule has 0 aromatic heterocycles. The summed E-state index contributed by atoms with van der Waals surface area (Å²) in [4.78, 5) is 0. The van der Waals surface area contributed by atoms with Crippen molar-refractivity contribution in [2.75, 3.05) is 0 Å². The lowest BCUT2D eigenvalue weighted by molar-refractivity contribution is 0.414. The van der Waals surface area contributed by atoms with Crippen molar-refractivity contribution in [1.82, 2.24) is 0 Å². The normalized spacial score (nSPS) is 14.2. The summed E-state index contributed by atoms with van der Waals surface area (Å²) in [6.07, 6.45) is 5.47. The maximum atomic E-state index is 9.06. The van der Waals surface area contributed by atoms with Crippen molar-refractivity contribution in [1.29, 1.82) is 10.5 Å². The highest BCUT2D eigenvalue weighted by atomic mass is 16.5. The summed E-state index contributed by atoms with van der Waals surface area (Å²) in [6, 6.07) is 11.8. The monoisotopic (exact) mass is 248 g/mol. The summed E-state index contributed by atoms with van der Waals surface area (Å²) < 4.78 is 5.73. The molecule has 0 atom stereocenters. The van der Waals surface area contributed by atoms with E-state index >= 15 is 0 Å². The Kier molecular flexibility index (Phi) is 3.81. The number of allylic oxidation sites excluding steroid dienone is 5. The third-order valence-electron chi connectivity index (χ3n) is 2.75. The first-order chi connectivity index (χ1) is 9.22. The number of hydrogen-bond acceptors (Lipinski definition) is 3. The molecule has 0 radical (unpaired) electrons. The topological polar surface area (TPSA) is 56.8 Å². The molecule has 2 rings (SSSR count). The molecule has 1 aliphatic carbocycles. The van der Waals surface area contributed by atoms with Gasteiger partial charge in [0.2, 0.25) is 0 Å². The van der Waals surface area contributed by atoms with Crippen LogP contribution in [0.4, 0.5) is 0 Å². The Morgan fingerprint density at radius 1 is 1.11 bits per heavy atom. The van der Waals surface area contributed by atoms with Gasteiger partial charge >= 0.3 is 0 Å². The number of nitrogens with zero attached hydrogens (tertiary/aromatic N) is 2. The average molecular weight is 248 g/mol. The van der Waals surface area contributed by atoms with Crippen molar-refractivity contribution in [3.8, 4) is 17.9 Å². The van der Waals surface area contributed by atoms with Crippen molar-refractivity contribution in [3.63, 3.8) is 0 Å². The zero-order valence-corrected chi connectivity index (χ0v) is 10.6. The summed E-state index contributed by atoms with van der Waals surface area (Å²) >= 11 is 0. The fourth-order valence-corrected chi connectivity index (χ4v) is 1.71. The maximum Gasteiger partial charge on any atom is 0.126 e. The Morgan fingerprint density at radius 2 is 1.84 bits per heavy atom. The van der Waals surface area contributed by atoms with Gasteiger partial charge in [0.15, 0.2) is 0 Å². The summed E-state index contributed by atoms with van der Waals surface area (Å²) in [5.74, 6) is 1.38. The Labute approximate surface area is 112 Å². The molecule has 0 saturated carbocycles. The second kappa shape index (κ2) is 5.71. The van der Waals surface area contributed by atoms with E-state index in [-0.39, 0.29) is 0 Å². The number of hydrogen-bond donors (Lipinski definition) is 0. The van der Waals surface area contributed by atoms with Crippen LogP contribution in [0.5, 0.6) is 5.75 Å². The van der Waals surface area contributed by atoms with Crippen LogP contribution in [-0.4, -0.2) is 0 Å². The molecule has 0 saturated heterocycles. The Bertz CT molecular complexity index is 649. The van der Waals surface area contributed by atoms with Crippen LogP contribution in [0.25, 0.3) is 0 Å². The molecule has 1 aromatic carbocycles. The minimum absolute atomic E-state index is 0.334. The van der Waals surface area contributed by atoms with E-state index in [1.54, 1.807) is 18.2 Å². The fraction of sp³-hybridized carbons (Fsp3) is 0.125. The first kappa shape index (κ1) is 12.7. The molecule has 0 amide bonds. The molecule has 0 bridgehead atoms. The smallest absolute Gasteiger partial charge is 0.126 e. The van der Waals surface area contributed by atoms with E-state index in [0.717, 1.165) is 11.3 Å². The Morgan fingerprint density at radius 3 is 2.47 bits per heavy atom. The van der Waals surface area contributed by atoms with Gasteiger partial charge in [-0.3, -0.25) is 0 Å². The molecule has 0 heterocycles. The van der Waals surface area contributed by atoms with Crippen LogP contribution in [-0.2, 0) is 0 Å². The van der Waals surface area contributed by atoms with E-state index in [9.17, 15) is 0 Å². The molecule has 0 spiro atoms. The first-order valence-electron chi connectivity index (χ1n) is 5.88. The zero-order valence-electron chi connectivity index (χ0n) is 10.6. The van der Waals surface area contributed by atoms with Crippen molar-refractivity contribution in [2.24, 2.45) is 0 Å². The standard InChI is InChI=1S/C16H12N2O/c1-12-5-7-15(8-6-12)19-16-4-2-3-13(10-17)14(9-16)11-18/h2-8H,9H2,1H3. The first-order valence-corrected chi connectivity index (χ1v) is 5.88. The largest absolute Gasteiger partial charge is 0.461 e. The molecular formula is C16H12N2O. The number of ether oxygens (including phenoxy) is 1. The average Bonchev–Trinajstić information content (AvgIpc) is 2.63. The van der Waals surface area contributed by atoms with E-state index < -0.39 is 0 Å². The highest BCUT2D eigenvalue weighted by Gasteiger charge is 2.11. The maximum absolute atomic E-state index is 9.06. The van der Waals surface area contributed by atoms with Crippen molar-refractivity contribution in [3.05, 3.63) is 65.0 Å². The second-order valence-corrected chi connectivity index (χ2v) is 4.20. The molecule has 1 aliphatic rings. The van der Waals surface area contributed by atoms with Crippen LogP contribution < -0.4 is 4.74 Å². The molecule has 92 valence electrons. The van der Waals surface area contributed by atoms with Crippen LogP contribution in [0.2, 0.25) is 0 Å². The van der Waals surface area contributed by atoms with Crippen LogP contribution >= 0.6 is 0 Å². The minimum Gasteiger partial charge on any atom is -0.461 e. The molecule has 3 nitrogen and oxygen atoms in total. The summed E-state index contributed by atoms with van der Waals surface area (Å²) in [5, 5.41) is 18.0. The van der Waals surface area contributed by atoms with E-state index in [1.165, 1.54) is 0 Å². The fourth-order valence-electron chi connectivity index (χ4n) is 1.71. The Hall–Kier alpha value is -2.78. The van der Waals surface area contributed by atoms with Crippen molar-refractivity contribution < 1.29 is 4.74 Å². The molecule has 19 heavy (non-hydrogen) atoms. The van der Waals surface area contributed by atoms with Gasteiger partial charge in [0.05, 0.1) is 17.2 Å². The number of aryl methyl sites for hydroxylation is 1. The minimum atomic E-state index is 0.334. The molecule has 0 N–H and O–H groups in total. The molecule has 3 heteroatoms. The Balaban J connectivity index is 2.20. The summed E-state index contributed by atoms with van der Waals surface area (Å²) in [7, 11) is 0. The third-order valence-corrected chi connectivity index (χ3v) is 2.75. The lowest BCUT2D eigenvalue weighted by Crippen LogP contribution is -1.97. The molecule has 0 unspecified atom stereocenters. The van der Waals surface area contributed by atoms with E-state index in [0.29, 0.717) is 23.3 Å². The molecule has 0 aliphatic heterocycles. The van der Waals surface area contributed by atoms with Gasteiger partial charge in [-0.15, -0.1) is 0 Å². The molecular weight excluding hydrogens is 236 g/mol. The van der Waals surface area contributed by atoms with Gasteiger partial charge in [-0.1, -0.05) is 23.8 Å². The van der Waals surface area contributed by atoms with E-state index in [2.05, 4.69) is 6.07 Å². The predicted molar refractivity (Wildman–Crippen MR) is 71.9 cm³/mol. The highest BCUT2D eigenvalue weighted by molar-refractivity contribution is 5.48. The number of benzene rings is 1. The van der Waals surface area contributed by atoms with Crippen LogP contribution in [0, 0.1) is 29.6 Å². The van der Waals surface area contributed by atoms with Crippen LogP contribution in [0.3, 0.4) is 0 Å². The molecule has 1 aromatic rings. The van der Waals surface area contributed by atoms with E-state index in [4.69, 9.17) is 15.3 Å². The van der Waals surface area contributed by atoms with E-state index in [1.807, 2.05) is 37.3 Å². The quantitative estimate of drug-likeness (QED) is 0.804. The van der Waals surface area contributed by atoms with Gasteiger partial charge in [-0.25, -0.2) is 0 Å². The lowest BCUT2D eigenvalue weighted by atomic mass is 10.1. The second-order valence-electron chi connectivity index (χ2n) is 4.20. The predicted octanol–water partition coefficient (Wildman–Crippen LogP) is 3.56. The molecule has 0 fully saturated rings. The van der Waals surface area contributed by atoms with Gasteiger partial charge in [0, 0.05) is 6.42 Å². The van der Waals surface area contributed by atoms with Gasteiger partial charge < -0.3 is 4.74 Å². The third kappa shape index (κ3) is 3.12. The number of nitriles is 2. The van der Waals surface area contributed by atoms with Gasteiger partial charge in [-0.2, -0.15) is 10.5 Å². The van der Waals surface area contributed by atoms with Gasteiger partial charge in [0.1, 0.15) is 17.6 Å². The van der Waals surface area contributed by atoms with Crippen molar-refractivity contribution >= 4 is 0 Å². The van der Waals surface area contributed by atoms with Crippen LogP contribution in [0.1, 0.15) is 12.0 Å². The van der Waals surface area contributed by atoms with Gasteiger partial charge in [0.25, 0.3) is 0 Å². The van der Waals surface area contributed by atoms with Crippen LogP contribution in [0.15, 0.2) is 59.4 Å². The lowest BCUT2D eigenvalue weighted by Gasteiger charge is -2.09. The van der Waals surface area contributed by atoms with Gasteiger partial charge in [-0.05, 0) is 31.2 Å². The zero-order chi connectivity index (χ0) is 13.7.